The SMILES string of the molecule is COC(=O)c1ccc(S(=O)(=O)NC2CCC(C(=O)O)CC2)c(Cl)c1. The van der Waals surface area contributed by atoms with Crippen LogP contribution in [0.25, 0.3) is 0 Å². The minimum absolute atomic E-state index is 0.0791. The lowest BCUT2D eigenvalue weighted by Crippen LogP contribution is -2.38. The molecule has 0 heterocycles. The number of carbonyl (C=O) groups is 2. The molecule has 132 valence electrons. The summed E-state index contributed by atoms with van der Waals surface area (Å²) in [5, 5.41) is 8.89. The number of esters is 1. The van der Waals surface area contributed by atoms with Crippen LogP contribution in [0.2, 0.25) is 5.02 Å². The number of rotatable bonds is 5. The summed E-state index contributed by atoms with van der Waals surface area (Å²) in [4.78, 5) is 22.2. The number of hydrogen-bond acceptors (Lipinski definition) is 5. The van der Waals surface area contributed by atoms with E-state index < -0.39 is 27.9 Å². The summed E-state index contributed by atoms with van der Waals surface area (Å²) in [6.45, 7) is 0. The van der Waals surface area contributed by atoms with Crippen molar-refractivity contribution in [2.24, 2.45) is 5.92 Å². The molecular formula is C15H18ClNO6S. The summed E-state index contributed by atoms with van der Waals surface area (Å²) >= 11 is 5.99. The Bertz CT molecular complexity index is 740. The van der Waals surface area contributed by atoms with Crippen molar-refractivity contribution in [3.63, 3.8) is 0 Å². The maximum Gasteiger partial charge on any atom is 0.337 e. The highest BCUT2D eigenvalue weighted by Crippen LogP contribution is 2.27. The van der Waals surface area contributed by atoms with E-state index in [-0.39, 0.29) is 21.5 Å². The van der Waals surface area contributed by atoms with Crippen LogP contribution >= 0.6 is 11.6 Å². The highest BCUT2D eigenvalue weighted by atomic mass is 35.5. The van der Waals surface area contributed by atoms with E-state index in [2.05, 4.69) is 9.46 Å². The number of halogens is 1. The fourth-order valence-corrected chi connectivity index (χ4v) is 4.55. The zero-order valence-corrected chi connectivity index (χ0v) is 14.6. The summed E-state index contributed by atoms with van der Waals surface area (Å²) < 4.78 is 32.0. The van der Waals surface area contributed by atoms with Crippen LogP contribution in [0, 0.1) is 5.92 Å². The number of carboxylic acid groups (broad SMARTS) is 1. The Balaban J connectivity index is 2.11. The Morgan fingerprint density at radius 1 is 1.25 bits per heavy atom. The first-order valence-corrected chi connectivity index (χ1v) is 9.23. The van der Waals surface area contributed by atoms with Crippen LogP contribution in [-0.2, 0) is 19.6 Å². The average molecular weight is 376 g/mol. The molecule has 1 saturated carbocycles. The molecule has 24 heavy (non-hydrogen) atoms. The molecule has 0 aromatic heterocycles. The van der Waals surface area contributed by atoms with Gasteiger partial charge in [-0.15, -0.1) is 0 Å². The molecule has 1 aromatic carbocycles. The number of carboxylic acids is 1. The van der Waals surface area contributed by atoms with E-state index in [4.69, 9.17) is 16.7 Å². The van der Waals surface area contributed by atoms with Crippen LogP contribution in [0.5, 0.6) is 0 Å². The summed E-state index contributed by atoms with van der Waals surface area (Å²) in [6, 6.07) is 3.48. The van der Waals surface area contributed by atoms with Crippen LogP contribution in [-0.4, -0.2) is 38.6 Å². The molecule has 9 heteroatoms. The van der Waals surface area contributed by atoms with Crippen LogP contribution < -0.4 is 4.72 Å². The third-order valence-corrected chi connectivity index (χ3v) is 6.04. The lowest BCUT2D eigenvalue weighted by Gasteiger charge is -2.26. The van der Waals surface area contributed by atoms with E-state index in [0.29, 0.717) is 25.7 Å². The van der Waals surface area contributed by atoms with E-state index in [1.165, 1.54) is 25.3 Å². The molecule has 2 rings (SSSR count). The number of hydrogen-bond donors (Lipinski definition) is 2. The number of aliphatic carboxylic acids is 1. The molecule has 1 aromatic rings. The molecule has 0 saturated heterocycles. The minimum atomic E-state index is -3.86. The zero-order valence-electron chi connectivity index (χ0n) is 13.0. The van der Waals surface area contributed by atoms with Crippen LogP contribution in [0.1, 0.15) is 36.0 Å². The van der Waals surface area contributed by atoms with Gasteiger partial charge in [0, 0.05) is 6.04 Å². The predicted molar refractivity (Wildman–Crippen MR) is 86.5 cm³/mol. The molecule has 0 spiro atoms. The van der Waals surface area contributed by atoms with E-state index in [9.17, 15) is 18.0 Å². The molecule has 0 radical (unpaired) electrons. The lowest BCUT2D eigenvalue weighted by atomic mass is 9.87. The molecule has 1 aliphatic carbocycles. The molecule has 2 N–H and O–H groups in total. The quantitative estimate of drug-likeness (QED) is 0.762. The van der Waals surface area contributed by atoms with Crippen molar-refractivity contribution in [3.8, 4) is 0 Å². The lowest BCUT2D eigenvalue weighted by molar-refractivity contribution is -0.142. The van der Waals surface area contributed by atoms with E-state index in [0.717, 1.165) is 0 Å². The van der Waals surface area contributed by atoms with Crippen molar-refractivity contribution in [2.45, 2.75) is 36.6 Å². The van der Waals surface area contributed by atoms with Gasteiger partial charge in [-0.2, -0.15) is 0 Å². The highest BCUT2D eigenvalue weighted by Gasteiger charge is 2.29. The molecule has 7 nitrogen and oxygen atoms in total. The fraction of sp³-hybridized carbons (Fsp3) is 0.467. The standard InChI is InChI=1S/C15H18ClNO6S/c1-23-15(20)10-4-7-13(12(16)8-10)24(21,22)17-11-5-2-9(3-6-11)14(18)19/h4,7-9,11,17H,2-3,5-6H2,1H3,(H,18,19). The van der Waals surface area contributed by atoms with Crippen molar-refractivity contribution in [3.05, 3.63) is 28.8 Å². The second-order valence-corrected chi connectivity index (χ2v) is 7.73. The zero-order chi connectivity index (χ0) is 17.9. The second kappa shape index (κ2) is 7.50. The van der Waals surface area contributed by atoms with Crippen molar-refractivity contribution >= 4 is 33.6 Å². The Morgan fingerprint density at radius 3 is 2.38 bits per heavy atom. The maximum atomic E-state index is 12.5. The van der Waals surface area contributed by atoms with E-state index >= 15 is 0 Å². The number of sulfonamides is 1. The maximum absolute atomic E-state index is 12.5. The summed E-state index contributed by atoms with van der Waals surface area (Å²) in [5.41, 5.74) is 0.156. The van der Waals surface area contributed by atoms with Crippen molar-refractivity contribution < 1.29 is 27.9 Å². The van der Waals surface area contributed by atoms with Gasteiger partial charge in [0.2, 0.25) is 10.0 Å². The van der Waals surface area contributed by atoms with E-state index in [1.54, 1.807) is 0 Å². The third kappa shape index (κ3) is 4.25. The number of benzene rings is 1. The molecule has 0 atom stereocenters. The van der Waals surface area contributed by atoms with E-state index in [1.807, 2.05) is 0 Å². The summed E-state index contributed by atoms with van der Waals surface area (Å²) in [7, 11) is -2.64. The first-order chi connectivity index (χ1) is 11.2. The number of ether oxygens (including phenoxy) is 1. The summed E-state index contributed by atoms with van der Waals surface area (Å²) in [5.74, 6) is -1.88. The number of carbonyl (C=O) groups excluding carboxylic acids is 1. The van der Waals surface area contributed by atoms with Crippen LogP contribution in [0.3, 0.4) is 0 Å². The predicted octanol–water partition coefficient (Wildman–Crippen LogP) is 2.05. The molecule has 0 amide bonds. The van der Waals surface area contributed by atoms with Gasteiger partial charge in [-0.05, 0) is 43.9 Å². The fourth-order valence-electron chi connectivity index (χ4n) is 2.70. The van der Waals surface area contributed by atoms with Crippen LogP contribution in [0.4, 0.5) is 0 Å². The van der Waals surface area contributed by atoms with Gasteiger partial charge in [0.25, 0.3) is 0 Å². The van der Waals surface area contributed by atoms with Gasteiger partial charge >= 0.3 is 11.9 Å². The number of methoxy groups -OCH3 is 1. The second-order valence-electron chi connectivity index (χ2n) is 5.64. The Kier molecular flexibility index (Phi) is 5.84. The van der Waals surface area contributed by atoms with Crippen molar-refractivity contribution in [1.29, 1.82) is 0 Å². The molecule has 1 aliphatic rings. The van der Waals surface area contributed by atoms with Gasteiger partial charge < -0.3 is 9.84 Å². The van der Waals surface area contributed by atoms with Gasteiger partial charge in [0.1, 0.15) is 4.90 Å². The first kappa shape index (κ1) is 18.7. The molecule has 0 unspecified atom stereocenters. The van der Waals surface area contributed by atoms with Gasteiger partial charge in [-0.3, -0.25) is 4.79 Å². The minimum Gasteiger partial charge on any atom is -0.481 e. The normalized spacial score (nSPS) is 21.2. The summed E-state index contributed by atoms with van der Waals surface area (Å²) in [6.07, 6.45) is 1.76. The van der Waals surface area contributed by atoms with Gasteiger partial charge in [0.15, 0.2) is 0 Å². The Hall–Kier alpha value is -1.64. The molecule has 0 bridgehead atoms. The van der Waals surface area contributed by atoms with Gasteiger partial charge in [-0.1, -0.05) is 11.6 Å². The first-order valence-electron chi connectivity index (χ1n) is 7.37. The van der Waals surface area contributed by atoms with Gasteiger partial charge in [-0.25, -0.2) is 17.9 Å². The molecule has 0 aliphatic heterocycles. The molecule has 1 fully saturated rings. The largest absolute Gasteiger partial charge is 0.481 e. The highest BCUT2D eigenvalue weighted by molar-refractivity contribution is 7.89. The Labute approximate surface area is 145 Å². The van der Waals surface area contributed by atoms with Crippen molar-refractivity contribution in [1.82, 2.24) is 4.72 Å². The Morgan fingerprint density at radius 2 is 1.88 bits per heavy atom. The third-order valence-electron chi connectivity index (χ3n) is 4.04. The average Bonchev–Trinajstić information content (AvgIpc) is 2.53. The smallest absolute Gasteiger partial charge is 0.337 e. The monoisotopic (exact) mass is 375 g/mol. The molecular weight excluding hydrogens is 358 g/mol. The van der Waals surface area contributed by atoms with Gasteiger partial charge in [0.05, 0.1) is 23.6 Å². The van der Waals surface area contributed by atoms with Crippen LogP contribution in [0.15, 0.2) is 23.1 Å². The van der Waals surface area contributed by atoms with Crippen molar-refractivity contribution in [2.75, 3.05) is 7.11 Å². The number of nitrogens with one attached hydrogen (secondary N) is 1. The topological polar surface area (TPSA) is 110 Å².